The minimum Gasteiger partial charge on any atom is -0.448 e. The second kappa shape index (κ2) is 6.70. The standard InChI is InChI=1S/C17H19FN4O3/c18-12-3-1-11(2-4-12)15-20-16(25-21-15)19-13-5-7-14(8-6-13)22-9-10-24-17(22)23/h1-4,13-14H,5-10H2,(H,19,20,21). The van der Waals surface area contributed by atoms with E-state index in [0.717, 1.165) is 25.7 Å². The van der Waals surface area contributed by atoms with E-state index in [0.29, 0.717) is 30.6 Å². The van der Waals surface area contributed by atoms with E-state index in [4.69, 9.17) is 9.26 Å². The number of hydrogen-bond acceptors (Lipinski definition) is 6. The number of cyclic esters (lactones) is 1. The summed E-state index contributed by atoms with van der Waals surface area (Å²) in [7, 11) is 0. The fourth-order valence-electron chi connectivity index (χ4n) is 3.44. The molecule has 132 valence electrons. The van der Waals surface area contributed by atoms with Crippen LogP contribution in [0.3, 0.4) is 0 Å². The molecule has 1 N–H and O–H groups in total. The van der Waals surface area contributed by atoms with Crippen LogP contribution in [0.15, 0.2) is 28.8 Å². The predicted octanol–water partition coefficient (Wildman–Crippen LogP) is 3.05. The summed E-state index contributed by atoms with van der Waals surface area (Å²) in [6.07, 6.45) is 3.49. The van der Waals surface area contributed by atoms with E-state index in [2.05, 4.69) is 15.5 Å². The van der Waals surface area contributed by atoms with Gasteiger partial charge in [-0.25, -0.2) is 9.18 Å². The Balaban J connectivity index is 1.33. The van der Waals surface area contributed by atoms with Crippen molar-refractivity contribution < 1.29 is 18.4 Å². The molecule has 25 heavy (non-hydrogen) atoms. The Morgan fingerprint density at radius 2 is 1.92 bits per heavy atom. The van der Waals surface area contributed by atoms with Crippen LogP contribution in [0.25, 0.3) is 11.4 Å². The third-order valence-corrected chi connectivity index (χ3v) is 4.79. The summed E-state index contributed by atoms with van der Waals surface area (Å²) in [6, 6.07) is 6.81. The van der Waals surface area contributed by atoms with E-state index in [1.54, 1.807) is 12.1 Å². The Bertz CT molecular complexity index is 741. The first-order chi connectivity index (χ1) is 12.2. The quantitative estimate of drug-likeness (QED) is 0.916. The smallest absolute Gasteiger partial charge is 0.410 e. The summed E-state index contributed by atoms with van der Waals surface area (Å²) in [6.45, 7) is 1.18. The van der Waals surface area contributed by atoms with Crippen molar-refractivity contribution in [2.45, 2.75) is 37.8 Å². The number of halogens is 1. The molecule has 4 rings (SSSR count). The highest BCUT2D eigenvalue weighted by molar-refractivity contribution is 5.69. The molecule has 2 aromatic rings. The van der Waals surface area contributed by atoms with Gasteiger partial charge in [-0.1, -0.05) is 5.16 Å². The van der Waals surface area contributed by atoms with Gasteiger partial charge in [-0.3, -0.25) is 0 Å². The van der Waals surface area contributed by atoms with Gasteiger partial charge in [0.1, 0.15) is 12.4 Å². The minimum absolute atomic E-state index is 0.197. The molecule has 1 saturated heterocycles. The third kappa shape index (κ3) is 3.42. The van der Waals surface area contributed by atoms with Crippen molar-refractivity contribution in [1.29, 1.82) is 0 Å². The number of amides is 1. The van der Waals surface area contributed by atoms with Gasteiger partial charge in [0.25, 0.3) is 0 Å². The third-order valence-electron chi connectivity index (χ3n) is 4.79. The Labute approximate surface area is 144 Å². The van der Waals surface area contributed by atoms with E-state index >= 15 is 0 Å². The van der Waals surface area contributed by atoms with E-state index in [1.807, 2.05) is 4.90 Å². The highest BCUT2D eigenvalue weighted by Crippen LogP contribution is 2.27. The molecule has 1 amide bonds. The van der Waals surface area contributed by atoms with Gasteiger partial charge >= 0.3 is 12.1 Å². The number of nitrogens with one attached hydrogen (secondary N) is 1. The molecule has 1 aliphatic carbocycles. The van der Waals surface area contributed by atoms with Crippen LogP contribution in [0.4, 0.5) is 15.2 Å². The van der Waals surface area contributed by atoms with E-state index in [1.165, 1.54) is 12.1 Å². The number of nitrogens with zero attached hydrogens (tertiary/aromatic N) is 3. The number of benzene rings is 1. The number of anilines is 1. The second-order valence-corrected chi connectivity index (χ2v) is 6.39. The maximum atomic E-state index is 13.0. The Morgan fingerprint density at radius 3 is 2.60 bits per heavy atom. The summed E-state index contributed by atoms with van der Waals surface area (Å²) in [5.74, 6) is 0.125. The van der Waals surface area contributed by atoms with Crippen molar-refractivity contribution in [3.05, 3.63) is 30.1 Å². The summed E-state index contributed by atoms with van der Waals surface area (Å²) in [5, 5.41) is 7.18. The maximum absolute atomic E-state index is 13.0. The lowest BCUT2D eigenvalue weighted by Crippen LogP contribution is -2.41. The molecule has 1 aromatic heterocycles. The number of aromatic nitrogens is 2. The zero-order valence-electron chi connectivity index (χ0n) is 13.7. The fraction of sp³-hybridized carbons (Fsp3) is 0.471. The normalized spacial score (nSPS) is 23.6. The first-order valence-corrected chi connectivity index (χ1v) is 8.48. The first-order valence-electron chi connectivity index (χ1n) is 8.48. The molecule has 0 radical (unpaired) electrons. The Morgan fingerprint density at radius 1 is 1.16 bits per heavy atom. The zero-order valence-corrected chi connectivity index (χ0v) is 13.7. The molecule has 0 spiro atoms. The lowest BCUT2D eigenvalue weighted by atomic mass is 9.90. The van der Waals surface area contributed by atoms with Crippen LogP contribution in [0.2, 0.25) is 0 Å². The number of carbonyl (C=O) groups excluding carboxylic acids is 1. The number of carbonyl (C=O) groups is 1. The number of hydrogen-bond donors (Lipinski definition) is 1. The van der Waals surface area contributed by atoms with Crippen molar-refractivity contribution >= 4 is 12.1 Å². The second-order valence-electron chi connectivity index (χ2n) is 6.39. The molecule has 2 aliphatic rings. The molecule has 7 nitrogen and oxygen atoms in total. The van der Waals surface area contributed by atoms with Crippen LogP contribution in [0.1, 0.15) is 25.7 Å². The molecule has 0 unspecified atom stereocenters. The van der Waals surface area contributed by atoms with Gasteiger partial charge in [-0.15, -0.1) is 0 Å². The summed E-state index contributed by atoms with van der Waals surface area (Å²) in [5.41, 5.74) is 0.703. The van der Waals surface area contributed by atoms with Gasteiger partial charge in [-0.2, -0.15) is 4.98 Å². The SMILES string of the molecule is O=C1OCCN1C1CCC(Nc2nc(-c3ccc(F)cc3)no2)CC1. The van der Waals surface area contributed by atoms with Crippen LogP contribution in [0.5, 0.6) is 0 Å². The molecule has 1 aliphatic heterocycles. The largest absolute Gasteiger partial charge is 0.448 e. The van der Waals surface area contributed by atoms with Crippen LogP contribution in [-0.4, -0.2) is 46.4 Å². The zero-order chi connectivity index (χ0) is 17.2. The van der Waals surface area contributed by atoms with E-state index in [9.17, 15) is 9.18 Å². The molecular weight excluding hydrogens is 327 g/mol. The van der Waals surface area contributed by atoms with E-state index < -0.39 is 0 Å². The molecule has 2 heterocycles. The molecule has 8 heteroatoms. The van der Waals surface area contributed by atoms with Gasteiger partial charge < -0.3 is 19.5 Å². The van der Waals surface area contributed by atoms with Crippen molar-refractivity contribution in [3.63, 3.8) is 0 Å². The molecule has 1 aromatic carbocycles. The first kappa shape index (κ1) is 15.9. The van der Waals surface area contributed by atoms with Crippen molar-refractivity contribution in [2.75, 3.05) is 18.5 Å². The Hall–Kier alpha value is -2.64. The van der Waals surface area contributed by atoms with Crippen molar-refractivity contribution in [3.8, 4) is 11.4 Å². The van der Waals surface area contributed by atoms with Crippen LogP contribution >= 0.6 is 0 Å². The monoisotopic (exact) mass is 346 g/mol. The van der Waals surface area contributed by atoms with Crippen LogP contribution in [-0.2, 0) is 4.74 Å². The summed E-state index contributed by atoms with van der Waals surface area (Å²) < 4.78 is 23.2. The summed E-state index contributed by atoms with van der Waals surface area (Å²) in [4.78, 5) is 17.8. The van der Waals surface area contributed by atoms with Gasteiger partial charge in [0.2, 0.25) is 5.82 Å². The van der Waals surface area contributed by atoms with Gasteiger partial charge in [0.05, 0.1) is 6.54 Å². The molecule has 0 atom stereocenters. The predicted molar refractivity (Wildman–Crippen MR) is 87.4 cm³/mol. The molecule has 1 saturated carbocycles. The molecular formula is C17H19FN4O3. The number of ether oxygens (including phenoxy) is 1. The average molecular weight is 346 g/mol. The van der Waals surface area contributed by atoms with Crippen molar-refractivity contribution in [1.82, 2.24) is 15.0 Å². The maximum Gasteiger partial charge on any atom is 0.410 e. The summed E-state index contributed by atoms with van der Waals surface area (Å²) >= 11 is 0. The van der Waals surface area contributed by atoms with Gasteiger partial charge in [0.15, 0.2) is 0 Å². The van der Waals surface area contributed by atoms with Gasteiger partial charge in [-0.05, 0) is 49.9 Å². The highest BCUT2D eigenvalue weighted by atomic mass is 19.1. The Kier molecular flexibility index (Phi) is 4.25. The lowest BCUT2D eigenvalue weighted by molar-refractivity contribution is 0.137. The van der Waals surface area contributed by atoms with Gasteiger partial charge in [0, 0.05) is 17.6 Å². The number of rotatable bonds is 4. The van der Waals surface area contributed by atoms with E-state index in [-0.39, 0.29) is 24.0 Å². The molecule has 2 fully saturated rings. The average Bonchev–Trinajstić information content (AvgIpc) is 3.26. The van der Waals surface area contributed by atoms with Crippen LogP contribution in [0, 0.1) is 5.82 Å². The minimum atomic E-state index is -0.302. The highest BCUT2D eigenvalue weighted by Gasteiger charge is 2.33. The van der Waals surface area contributed by atoms with Crippen LogP contribution < -0.4 is 5.32 Å². The van der Waals surface area contributed by atoms with Crippen molar-refractivity contribution in [2.24, 2.45) is 0 Å². The molecule has 0 bridgehead atoms. The fourth-order valence-corrected chi connectivity index (χ4v) is 3.44. The lowest BCUT2D eigenvalue weighted by Gasteiger charge is -2.33. The topological polar surface area (TPSA) is 80.5 Å².